The number of nitrogens with zero attached hydrogens (tertiary/aromatic N) is 4. The second kappa shape index (κ2) is 13.7. The summed E-state index contributed by atoms with van der Waals surface area (Å²) in [6, 6.07) is 15.4. The van der Waals surface area contributed by atoms with Gasteiger partial charge < -0.3 is 15.4 Å². The first-order chi connectivity index (χ1) is 22.6. The topological polar surface area (TPSA) is 135 Å². The lowest BCUT2D eigenvalue weighted by Crippen LogP contribution is -2.32. The summed E-state index contributed by atoms with van der Waals surface area (Å²) in [6.07, 6.45) is 4.78. The molecule has 2 amide bonds. The number of hydrogen-bond donors (Lipinski definition) is 2. The van der Waals surface area contributed by atoms with Crippen molar-refractivity contribution in [2.45, 2.75) is 51.7 Å². The van der Waals surface area contributed by atoms with Crippen LogP contribution in [0, 0.1) is 11.7 Å². The zero-order chi connectivity index (χ0) is 33.1. The molecule has 1 aliphatic heterocycles. The van der Waals surface area contributed by atoms with Crippen LogP contribution >= 0.6 is 11.6 Å². The number of aromatic nitrogens is 3. The number of hydrogen-bond acceptors (Lipinski definition) is 9. The highest BCUT2D eigenvalue weighted by molar-refractivity contribution is 6.30. The maximum absolute atomic E-state index is 14.5. The Kier molecular flexibility index (Phi) is 9.30. The lowest BCUT2D eigenvalue weighted by atomic mass is 10.00. The summed E-state index contributed by atoms with van der Waals surface area (Å²) < 4.78 is 21.4. The van der Waals surface area contributed by atoms with Gasteiger partial charge in [-0.15, -0.1) is 0 Å². The first kappa shape index (κ1) is 31.9. The minimum Gasteiger partial charge on any atom is -0.461 e. The van der Waals surface area contributed by atoms with Crippen LogP contribution in [0.1, 0.15) is 50.2 Å². The Morgan fingerprint density at radius 2 is 1.94 bits per heavy atom. The largest absolute Gasteiger partial charge is 0.461 e. The maximum atomic E-state index is 14.5. The summed E-state index contributed by atoms with van der Waals surface area (Å²) in [4.78, 5) is 56.9. The Balaban J connectivity index is 1.13. The summed E-state index contributed by atoms with van der Waals surface area (Å²) in [5.41, 5.74) is 2.08. The van der Waals surface area contributed by atoms with Crippen molar-refractivity contribution in [1.82, 2.24) is 19.5 Å². The van der Waals surface area contributed by atoms with E-state index < -0.39 is 29.5 Å². The van der Waals surface area contributed by atoms with Gasteiger partial charge in [0.2, 0.25) is 5.91 Å². The summed E-state index contributed by atoms with van der Waals surface area (Å²) in [7, 11) is 0. The number of ether oxygens (including phenoxy) is 1. The van der Waals surface area contributed by atoms with Crippen molar-refractivity contribution in [3.05, 3.63) is 88.3 Å². The fourth-order valence-electron chi connectivity index (χ4n) is 5.19. The van der Waals surface area contributed by atoms with E-state index >= 15 is 0 Å². The van der Waals surface area contributed by atoms with E-state index in [4.69, 9.17) is 16.3 Å². The van der Waals surface area contributed by atoms with E-state index in [1.165, 1.54) is 18.2 Å². The van der Waals surface area contributed by atoms with Crippen molar-refractivity contribution < 1.29 is 28.3 Å². The van der Waals surface area contributed by atoms with Crippen molar-refractivity contribution in [1.29, 1.82) is 0 Å². The van der Waals surface area contributed by atoms with Crippen LogP contribution in [-0.2, 0) is 30.5 Å². The predicted molar refractivity (Wildman–Crippen MR) is 173 cm³/mol. The van der Waals surface area contributed by atoms with Crippen LogP contribution in [0.3, 0.4) is 0 Å². The normalized spacial score (nSPS) is 16.1. The van der Waals surface area contributed by atoms with Crippen LogP contribution in [0.25, 0.3) is 11.7 Å². The highest BCUT2D eigenvalue weighted by Gasteiger charge is 2.34. The highest BCUT2D eigenvalue weighted by atomic mass is 35.5. The Morgan fingerprint density at radius 3 is 2.70 bits per heavy atom. The molecule has 1 saturated carbocycles. The van der Waals surface area contributed by atoms with E-state index in [1.807, 2.05) is 30.3 Å². The monoisotopic (exact) mass is 658 g/mol. The van der Waals surface area contributed by atoms with Crippen LogP contribution in [0.2, 0.25) is 5.02 Å². The van der Waals surface area contributed by atoms with Crippen LogP contribution in [0.4, 0.5) is 21.7 Å². The molecule has 2 aliphatic rings. The molecule has 6 rings (SSSR count). The van der Waals surface area contributed by atoms with Crippen molar-refractivity contribution in [3.8, 4) is 0 Å². The molecule has 0 spiro atoms. The molecule has 47 heavy (non-hydrogen) atoms. The first-order valence-electron chi connectivity index (χ1n) is 15.3. The molecule has 2 fully saturated rings. The number of rotatable bonds is 13. The number of fused-ring (bicyclic) bond motifs is 1. The summed E-state index contributed by atoms with van der Waals surface area (Å²) in [5, 5.41) is 11.2. The SMILES string of the molecule is CC(CC(=O)OCc1ccccc1)C(=O)CCN1C(=O)C/C(=C\c2cnn3c(NC4CC4)cc(Nc4cc(Cl)ccc4F)nc23)C1=O. The van der Waals surface area contributed by atoms with Crippen molar-refractivity contribution in [2.75, 3.05) is 17.2 Å². The van der Waals surface area contributed by atoms with E-state index in [1.54, 1.807) is 29.8 Å². The van der Waals surface area contributed by atoms with Gasteiger partial charge in [0.1, 0.15) is 29.8 Å². The molecule has 0 radical (unpaired) electrons. The third-order valence-corrected chi connectivity index (χ3v) is 8.19. The second-order valence-electron chi connectivity index (χ2n) is 11.7. The van der Waals surface area contributed by atoms with Gasteiger partial charge in [0.15, 0.2) is 5.65 Å². The van der Waals surface area contributed by atoms with Gasteiger partial charge in [-0.1, -0.05) is 48.9 Å². The number of ketones is 1. The maximum Gasteiger partial charge on any atom is 0.306 e. The molecule has 0 bridgehead atoms. The molecule has 1 atom stereocenters. The van der Waals surface area contributed by atoms with Crippen molar-refractivity contribution >= 4 is 64.2 Å². The molecule has 2 N–H and O–H groups in total. The number of benzene rings is 2. The number of imide groups is 1. The molecular weight excluding hydrogens is 627 g/mol. The molecule has 2 aromatic carbocycles. The third kappa shape index (κ3) is 7.66. The summed E-state index contributed by atoms with van der Waals surface area (Å²) in [6.45, 7) is 1.64. The van der Waals surface area contributed by atoms with Crippen LogP contribution < -0.4 is 10.6 Å². The molecular formula is C34H32ClFN6O5. The number of nitrogens with one attached hydrogen (secondary N) is 2. The van der Waals surface area contributed by atoms with E-state index in [2.05, 4.69) is 20.7 Å². The van der Waals surface area contributed by atoms with Crippen molar-refractivity contribution in [3.63, 3.8) is 0 Å². The molecule has 3 heterocycles. The Morgan fingerprint density at radius 1 is 1.15 bits per heavy atom. The number of carbonyl (C=O) groups is 4. The van der Waals surface area contributed by atoms with Crippen LogP contribution in [0.5, 0.6) is 0 Å². The summed E-state index contributed by atoms with van der Waals surface area (Å²) >= 11 is 6.07. The van der Waals surface area contributed by atoms with Gasteiger partial charge in [-0.25, -0.2) is 9.37 Å². The molecule has 2 aromatic heterocycles. The van der Waals surface area contributed by atoms with Gasteiger partial charge >= 0.3 is 5.97 Å². The molecule has 4 aromatic rings. The van der Waals surface area contributed by atoms with Gasteiger partial charge in [0.05, 0.1) is 24.7 Å². The standard InChI is InChI=1S/C34H32ClFN6O5/c1-20(13-32(45)47-19-21-5-3-2-4-6-21)28(43)11-12-41-31(44)15-22(34(41)46)14-23-18-37-42-30(38-25-8-9-25)17-29(40-33(23)42)39-27-16-24(35)7-10-26(27)36/h2-7,10,14,16-18,20,25,38H,8-9,11-13,15,19H2,1H3,(H,39,40)/b22-14+. The average molecular weight is 659 g/mol. The number of amides is 2. The zero-order valence-corrected chi connectivity index (χ0v) is 26.3. The van der Waals surface area contributed by atoms with Crippen molar-refractivity contribution in [2.24, 2.45) is 5.92 Å². The molecule has 1 unspecified atom stereocenters. The number of halogens is 2. The average Bonchev–Trinajstić information content (AvgIpc) is 3.72. The van der Waals surface area contributed by atoms with Crippen LogP contribution in [-0.4, -0.2) is 55.7 Å². The fraction of sp³-hybridized carbons (Fsp3) is 0.294. The van der Waals surface area contributed by atoms with Gasteiger partial charge in [0, 0.05) is 47.2 Å². The van der Waals surface area contributed by atoms with E-state index in [-0.39, 0.29) is 55.5 Å². The fourth-order valence-corrected chi connectivity index (χ4v) is 5.37. The number of carbonyl (C=O) groups excluding carboxylic acids is 4. The van der Waals surface area contributed by atoms with E-state index in [9.17, 15) is 23.6 Å². The summed E-state index contributed by atoms with van der Waals surface area (Å²) in [5.74, 6) is -1.87. The molecule has 13 heteroatoms. The minimum absolute atomic E-state index is 0.0819. The minimum atomic E-state index is -0.632. The van der Waals surface area contributed by atoms with Crippen LogP contribution in [0.15, 0.2) is 66.4 Å². The third-order valence-electron chi connectivity index (χ3n) is 7.96. The smallest absolute Gasteiger partial charge is 0.306 e. The molecule has 242 valence electrons. The number of Topliss-reactive ketones (excluding diaryl/α,β-unsaturated/α-hetero) is 1. The highest BCUT2D eigenvalue weighted by Crippen LogP contribution is 2.31. The Labute approximate surface area is 274 Å². The van der Waals surface area contributed by atoms with Gasteiger partial charge in [-0.2, -0.15) is 9.61 Å². The number of anilines is 3. The predicted octanol–water partition coefficient (Wildman–Crippen LogP) is 5.71. The lowest BCUT2D eigenvalue weighted by Gasteiger charge is -2.15. The van der Waals surface area contributed by atoms with E-state index in [0.717, 1.165) is 23.3 Å². The quantitative estimate of drug-likeness (QED) is 0.105. The number of likely N-dealkylation sites (tertiary alicyclic amines) is 1. The number of esters is 1. The Hall–Kier alpha value is -5.10. The van der Waals surface area contributed by atoms with Gasteiger partial charge in [-0.3, -0.25) is 24.1 Å². The Bertz CT molecular complexity index is 1890. The van der Waals surface area contributed by atoms with E-state index in [0.29, 0.717) is 27.9 Å². The second-order valence-corrected chi connectivity index (χ2v) is 12.1. The molecule has 11 nitrogen and oxygen atoms in total. The van der Waals surface area contributed by atoms with Gasteiger partial charge in [-0.05, 0) is 42.7 Å². The molecule has 1 aliphatic carbocycles. The molecule has 1 saturated heterocycles. The zero-order valence-electron chi connectivity index (χ0n) is 25.5. The first-order valence-corrected chi connectivity index (χ1v) is 15.7. The van der Waals surface area contributed by atoms with Gasteiger partial charge in [0.25, 0.3) is 5.91 Å². The lowest BCUT2D eigenvalue weighted by molar-refractivity contribution is -0.148.